The van der Waals surface area contributed by atoms with E-state index in [-0.39, 0.29) is 29.9 Å². The second-order valence-electron chi connectivity index (χ2n) is 7.55. The average molecular weight is 393 g/mol. The maximum absolute atomic E-state index is 12.9. The fourth-order valence-corrected chi connectivity index (χ4v) is 2.59. The van der Waals surface area contributed by atoms with Gasteiger partial charge in [0.1, 0.15) is 17.8 Å². The van der Waals surface area contributed by atoms with Crippen molar-refractivity contribution in [3.05, 3.63) is 29.8 Å². The van der Waals surface area contributed by atoms with Crippen molar-refractivity contribution < 1.29 is 19.5 Å². The quantitative estimate of drug-likeness (QED) is 0.412. The zero-order chi connectivity index (χ0) is 21.4. The molecule has 8 heteroatoms. The number of amides is 3. The zero-order valence-corrected chi connectivity index (χ0v) is 17.2. The Morgan fingerprint density at radius 1 is 0.929 bits per heavy atom. The molecular weight excluding hydrogens is 360 g/mol. The lowest BCUT2D eigenvalue weighted by Gasteiger charge is -2.26. The number of phenolic OH excluding ortho intramolecular Hbond substituents is 1. The van der Waals surface area contributed by atoms with E-state index >= 15 is 0 Å². The van der Waals surface area contributed by atoms with Gasteiger partial charge >= 0.3 is 0 Å². The van der Waals surface area contributed by atoms with Crippen molar-refractivity contribution in [2.45, 2.75) is 52.2 Å². The molecule has 0 aliphatic heterocycles. The van der Waals surface area contributed by atoms with Crippen LogP contribution < -0.4 is 21.7 Å². The number of aromatic hydroxyl groups is 1. The highest BCUT2D eigenvalue weighted by Crippen LogP contribution is 2.12. The lowest BCUT2D eigenvalue weighted by Crippen LogP contribution is -2.57. The molecule has 0 saturated heterocycles. The van der Waals surface area contributed by atoms with Crippen molar-refractivity contribution in [3.63, 3.8) is 0 Å². The molecule has 6 N–H and O–H groups in total. The summed E-state index contributed by atoms with van der Waals surface area (Å²) in [5.41, 5.74) is 6.65. The number of carbonyl (C=O) groups is 3. The van der Waals surface area contributed by atoms with Gasteiger partial charge in [0.15, 0.2) is 0 Å². The van der Waals surface area contributed by atoms with Crippen LogP contribution in [0.4, 0.5) is 0 Å². The van der Waals surface area contributed by atoms with Gasteiger partial charge in [0, 0.05) is 13.5 Å². The first kappa shape index (κ1) is 23.4. The molecule has 0 unspecified atom stereocenters. The first-order valence-corrected chi connectivity index (χ1v) is 9.42. The predicted molar refractivity (Wildman–Crippen MR) is 107 cm³/mol. The van der Waals surface area contributed by atoms with Crippen LogP contribution in [0, 0.1) is 11.8 Å². The van der Waals surface area contributed by atoms with E-state index in [1.54, 1.807) is 12.1 Å². The Labute approximate surface area is 166 Å². The van der Waals surface area contributed by atoms with E-state index in [1.165, 1.54) is 19.2 Å². The molecule has 0 bridgehead atoms. The van der Waals surface area contributed by atoms with Gasteiger partial charge in [-0.2, -0.15) is 0 Å². The molecular formula is C20H32N4O4. The van der Waals surface area contributed by atoms with Gasteiger partial charge in [-0.1, -0.05) is 39.8 Å². The van der Waals surface area contributed by atoms with Gasteiger partial charge in [0.2, 0.25) is 17.7 Å². The van der Waals surface area contributed by atoms with Crippen molar-refractivity contribution in [1.29, 1.82) is 0 Å². The molecule has 3 atom stereocenters. The predicted octanol–water partition coefficient (Wildman–Crippen LogP) is 0.290. The van der Waals surface area contributed by atoms with Crippen molar-refractivity contribution in [3.8, 4) is 5.75 Å². The van der Waals surface area contributed by atoms with Gasteiger partial charge in [-0.25, -0.2) is 0 Å². The number of likely N-dealkylation sites (N-methyl/N-ethyl adjacent to an activating group) is 1. The minimum atomic E-state index is -0.909. The van der Waals surface area contributed by atoms with E-state index < -0.39 is 29.9 Å². The van der Waals surface area contributed by atoms with Crippen LogP contribution in [0.25, 0.3) is 0 Å². The summed E-state index contributed by atoms with van der Waals surface area (Å²) in [5, 5.41) is 17.4. The number of rotatable bonds is 9. The monoisotopic (exact) mass is 392 g/mol. The molecule has 0 aliphatic carbocycles. The molecule has 0 aromatic heterocycles. The molecule has 3 amide bonds. The Balaban J connectivity index is 3.03. The Morgan fingerprint density at radius 3 is 1.96 bits per heavy atom. The van der Waals surface area contributed by atoms with Crippen LogP contribution in [0.3, 0.4) is 0 Å². The molecule has 156 valence electrons. The van der Waals surface area contributed by atoms with E-state index in [4.69, 9.17) is 5.73 Å². The van der Waals surface area contributed by atoms with Gasteiger partial charge in [-0.3, -0.25) is 14.4 Å². The van der Waals surface area contributed by atoms with Crippen molar-refractivity contribution in [2.24, 2.45) is 17.6 Å². The number of nitrogens with one attached hydrogen (secondary N) is 3. The normalized spacial score (nSPS) is 14.3. The Bertz CT molecular complexity index is 673. The fourth-order valence-electron chi connectivity index (χ4n) is 2.59. The highest BCUT2D eigenvalue weighted by Gasteiger charge is 2.30. The largest absolute Gasteiger partial charge is 0.508 e. The van der Waals surface area contributed by atoms with Gasteiger partial charge in [-0.05, 0) is 29.5 Å². The number of hydrogen-bond acceptors (Lipinski definition) is 5. The standard InChI is InChI=1S/C20H32N4O4/c1-11(2)16(21)19(27)23-15(10-13-6-8-14(25)9-7-13)18(26)24-17(12(3)4)20(28)22-5/h6-9,11-12,15-17,25H,10,21H2,1-5H3,(H,22,28)(H,23,27)(H,24,26)/t15-,16-,17-/m0/s1. The number of hydrogen-bond donors (Lipinski definition) is 5. The van der Waals surface area contributed by atoms with Crippen LogP contribution in [0.15, 0.2) is 24.3 Å². The Morgan fingerprint density at radius 2 is 1.50 bits per heavy atom. The number of benzene rings is 1. The minimum Gasteiger partial charge on any atom is -0.508 e. The van der Waals surface area contributed by atoms with Gasteiger partial charge in [0.25, 0.3) is 0 Å². The molecule has 0 spiro atoms. The lowest BCUT2D eigenvalue weighted by molar-refractivity contribution is -0.133. The lowest BCUT2D eigenvalue weighted by atomic mass is 9.99. The summed E-state index contributed by atoms with van der Waals surface area (Å²) in [6.07, 6.45) is 0.196. The molecule has 8 nitrogen and oxygen atoms in total. The van der Waals surface area contributed by atoms with Crippen LogP contribution in [0.5, 0.6) is 5.75 Å². The van der Waals surface area contributed by atoms with E-state index in [2.05, 4.69) is 16.0 Å². The second kappa shape index (κ2) is 10.7. The SMILES string of the molecule is CNC(=O)[C@@H](NC(=O)[C@H](Cc1ccc(O)cc1)NC(=O)[C@@H](N)C(C)C)C(C)C. The molecule has 1 rings (SSSR count). The van der Waals surface area contributed by atoms with Gasteiger partial charge in [-0.15, -0.1) is 0 Å². The second-order valence-corrected chi connectivity index (χ2v) is 7.55. The van der Waals surface area contributed by atoms with E-state index in [9.17, 15) is 19.5 Å². The maximum Gasteiger partial charge on any atom is 0.243 e. The molecule has 0 heterocycles. The van der Waals surface area contributed by atoms with E-state index in [1.807, 2.05) is 27.7 Å². The minimum absolute atomic E-state index is 0.0911. The summed E-state index contributed by atoms with van der Waals surface area (Å²) in [6.45, 7) is 7.28. The van der Waals surface area contributed by atoms with Gasteiger partial charge < -0.3 is 26.8 Å². The highest BCUT2D eigenvalue weighted by molar-refractivity contribution is 5.93. The third-order valence-corrected chi connectivity index (χ3v) is 4.52. The first-order valence-electron chi connectivity index (χ1n) is 9.42. The van der Waals surface area contributed by atoms with Crippen LogP contribution in [0.1, 0.15) is 33.3 Å². The smallest absolute Gasteiger partial charge is 0.243 e. The Kier molecular flexibility index (Phi) is 8.91. The molecule has 0 radical (unpaired) electrons. The Hall–Kier alpha value is -2.61. The molecule has 0 fully saturated rings. The van der Waals surface area contributed by atoms with Crippen LogP contribution in [-0.4, -0.2) is 48.0 Å². The first-order chi connectivity index (χ1) is 13.1. The van der Waals surface area contributed by atoms with E-state index in [0.29, 0.717) is 0 Å². The summed E-state index contributed by atoms with van der Waals surface area (Å²) in [6, 6.07) is 3.96. The van der Waals surface area contributed by atoms with Crippen molar-refractivity contribution >= 4 is 17.7 Å². The number of nitrogens with two attached hydrogens (primary N) is 1. The highest BCUT2D eigenvalue weighted by atomic mass is 16.3. The third-order valence-electron chi connectivity index (χ3n) is 4.52. The summed E-state index contributed by atoms with van der Waals surface area (Å²) >= 11 is 0. The molecule has 0 saturated carbocycles. The molecule has 1 aromatic rings. The van der Waals surface area contributed by atoms with Crippen molar-refractivity contribution in [1.82, 2.24) is 16.0 Å². The topological polar surface area (TPSA) is 134 Å². The van der Waals surface area contributed by atoms with Crippen LogP contribution in [0.2, 0.25) is 0 Å². The zero-order valence-electron chi connectivity index (χ0n) is 17.2. The molecule has 0 aliphatic rings. The summed E-state index contributed by atoms with van der Waals surface area (Å²) in [7, 11) is 1.50. The van der Waals surface area contributed by atoms with Crippen LogP contribution >= 0.6 is 0 Å². The van der Waals surface area contributed by atoms with E-state index in [0.717, 1.165) is 5.56 Å². The van der Waals surface area contributed by atoms with Crippen molar-refractivity contribution in [2.75, 3.05) is 7.05 Å². The maximum atomic E-state index is 12.9. The summed E-state index contributed by atoms with van der Waals surface area (Å²) in [5.74, 6) is -1.33. The fraction of sp³-hybridized carbons (Fsp3) is 0.550. The number of carbonyl (C=O) groups excluding carboxylic acids is 3. The average Bonchev–Trinajstić information content (AvgIpc) is 2.65. The summed E-state index contributed by atoms with van der Waals surface area (Å²) in [4.78, 5) is 37.4. The molecule has 1 aromatic carbocycles. The third kappa shape index (κ3) is 6.84. The number of phenols is 1. The van der Waals surface area contributed by atoms with Crippen LogP contribution in [-0.2, 0) is 20.8 Å². The summed E-state index contributed by atoms with van der Waals surface area (Å²) < 4.78 is 0. The molecule has 28 heavy (non-hydrogen) atoms. The van der Waals surface area contributed by atoms with Gasteiger partial charge in [0.05, 0.1) is 6.04 Å².